The van der Waals surface area contributed by atoms with E-state index >= 15 is 0 Å². The molecule has 0 bridgehead atoms. The molecule has 0 saturated carbocycles. The molecule has 0 aliphatic rings. The van der Waals surface area contributed by atoms with Gasteiger partial charge in [-0.2, -0.15) is 5.26 Å². The van der Waals surface area contributed by atoms with E-state index in [0.29, 0.717) is 21.6 Å². The number of thiophene rings is 1. The van der Waals surface area contributed by atoms with Crippen LogP contribution in [0.4, 0.5) is 8.78 Å². The SMILES string of the molecule is N#Cc1cc(-c2cc(C(=O)O)sc2-c2cc(F)cc(Cl)c2)ccc1F. The normalized spacial score (nSPS) is 10.5. The van der Waals surface area contributed by atoms with Gasteiger partial charge in [0.2, 0.25) is 0 Å². The molecule has 0 fully saturated rings. The van der Waals surface area contributed by atoms with Crippen molar-refractivity contribution in [1.82, 2.24) is 0 Å². The van der Waals surface area contributed by atoms with E-state index in [1.165, 1.54) is 30.3 Å². The van der Waals surface area contributed by atoms with Crippen LogP contribution in [-0.2, 0) is 0 Å². The van der Waals surface area contributed by atoms with E-state index in [9.17, 15) is 18.7 Å². The number of carboxylic acid groups (broad SMARTS) is 1. The van der Waals surface area contributed by atoms with Crippen LogP contribution in [0.15, 0.2) is 42.5 Å². The van der Waals surface area contributed by atoms with E-state index in [1.807, 2.05) is 0 Å². The first-order valence-corrected chi connectivity index (χ1v) is 8.12. The number of rotatable bonds is 3. The maximum Gasteiger partial charge on any atom is 0.345 e. The molecule has 3 nitrogen and oxygen atoms in total. The third kappa shape index (κ3) is 3.38. The molecule has 0 saturated heterocycles. The van der Waals surface area contributed by atoms with Gasteiger partial charge < -0.3 is 5.11 Å². The topological polar surface area (TPSA) is 61.1 Å². The van der Waals surface area contributed by atoms with Crippen molar-refractivity contribution in [2.45, 2.75) is 0 Å². The Morgan fingerprint density at radius 1 is 1.12 bits per heavy atom. The molecule has 7 heteroatoms. The average Bonchev–Trinajstić information content (AvgIpc) is 3.00. The number of nitrogens with zero attached hydrogens (tertiary/aromatic N) is 1. The lowest BCUT2D eigenvalue weighted by atomic mass is 10.0. The van der Waals surface area contributed by atoms with Gasteiger partial charge >= 0.3 is 5.97 Å². The third-order valence-corrected chi connectivity index (χ3v) is 4.86. The second-order valence-corrected chi connectivity index (χ2v) is 6.61. The van der Waals surface area contributed by atoms with Crippen molar-refractivity contribution in [1.29, 1.82) is 5.26 Å². The monoisotopic (exact) mass is 375 g/mol. The highest BCUT2D eigenvalue weighted by molar-refractivity contribution is 7.18. The fraction of sp³-hybridized carbons (Fsp3) is 0. The molecule has 0 atom stereocenters. The summed E-state index contributed by atoms with van der Waals surface area (Å²) < 4.78 is 27.3. The molecular formula is C18H8ClF2NO2S. The molecule has 0 unspecified atom stereocenters. The van der Waals surface area contributed by atoms with E-state index in [-0.39, 0.29) is 15.5 Å². The Hall–Kier alpha value is -2.75. The van der Waals surface area contributed by atoms with Crippen LogP contribution >= 0.6 is 22.9 Å². The highest BCUT2D eigenvalue weighted by Gasteiger charge is 2.18. The van der Waals surface area contributed by atoms with Crippen molar-refractivity contribution in [3.8, 4) is 27.6 Å². The molecule has 2 aromatic carbocycles. The number of nitriles is 1. The van der Waals surface area contributed by atoms with Gasteiger partial charge in [0.15, 0.2) is 0 Å². The first-order chi connectivity index (χ1) is 11.9. The number of hydrogen-bond acceptors (Lipinski definition) is 3. The van der Waals surface area contributed by atoms with Gasteiger partial charge in [-0.3, -0.25) is 0 Å². The number of hydrogen-bond donors (Lipinski definition) is 1. The van der Waals surface area contributed by atoms with Crippen LogP contribution in [-0.4, -0.2) is 11.1 Å². The molecule has 3 aromatic rings. The van der Waals surface area contributed by atoms with E-state index in [0.717, 1.165) is 23.5 Å². The van der Waals surface area contributed by atoms with Crippen LogP contribution in [0.3, 0.4) is 0 Å². The Balaban J connectivity index is 2.26. The minimum Gasteiger partial charge on any atom is -0.477 e. The maximum atomic E-state index is 13.7. The zero-order chi connectivity index (χ0) is 18.1. The van der Waals surface area contributed by atoms with E-state index in [1.54, 1.807) is 6.07 Å². The fourth-order valence-corrected chi connectivity index (χ4v) is 3.62. The third-order valence-electron chi connectivity index (χ3n) is 3.47. The standard InChI is InChI=1S/C18H8ClF2NO2S/c19-12-4-10(5-13(20)6-12)17-14(7-16(25-17)18(23)24)9-1-2-15(21)11(3-9)8-22/h1-7H,(H,23,24). The predicted molar refractivity (Wildman–Crippen MR) is 91.8 cm³/mol. The molecular weight excluding hydrogens is 368 g/mol. The summed E-state index contributed by atoms with van der Waals surface area (Å²) in [6.07, 6.45) is 0. The van der Waals surface area contributed by atoms with Crippen LogP contribution in [0.5, 0.6) is 0 Å². The molecule has 0 aliphatic heterocycles. The summed E-state index contributed by atoms with van der Waals surface area (Å²) in [5.41, 5.74) is 1.15. The number of carbonyl (C=O) groups is 1. The smallest absolute Gasteiger partial charge is 0.345 e. The van der Waals surface area contributed by atoms with Crippen LogP contribution in [0.1, 0.15) is 15.2 Å². The van der Waals surface area contributed by atoms with Crippen molar-refractivity contribution in [2.75, 3.05) is 0 Å². The molecule has 0 spiro atoms. The Morgan fingerprint density at radius 3 is 2.52 bits per heavy atom. The van der Waals surface area contributed by atoms with Crippen molar-refractivity contribution >= 4 is 28.9 Å². The molecule has 3 rings (SSSR count). The zero-order valence-electron chi connectivity index (χ0n) is 12.4. The van der Waals surface area contributed by atoms with E-state index < -0.39 is 17.6 Å². The molecule has 1 heterocycles. The summed E-state index contributed by atoms with van der Waals surface area (Å²) in [5.74, 6) is -2.37. The quantitative estimate of drug-likeness (QED) is 0.649. The highest BCUT2D eigenvalue weighted by Crippen LogP contribution is 2.40. The second-order valence-electron chi connectivity index (χ2n) is 5.12. The van der Waals surface area contributed by atoms with Crippen molar-refractivity contribution in [3.63, 3.8) is 0 Å². The lowest BCUT2D eigenvalue weighted by Gasteiger charge is -2.06. The maximum absolute atomic E-state index is 13.7. The molecule has 0 aliphatic carbocycles. The number of carboxylic acids is 1. The lowest BCUT2D eigenvalue weighted by Crippen LogP contribution is -1.90. The van der Waals surface area contributed by atoms with Crippen LogP contribution in [0.2, 0.25) is 5.02 Å². The first-order valence-electron chi connectivity index (χ1n) is 6.92. The molecule has 0 radical (unpaired) electrons. The van der Waals surface area contributed by atoms with Gasteiger partial charge in [0.1, 0.15) is 22.6 Å². The Labute approximate surface area is 150 Å². The van der Waals surface area contributed by atoms with Gasteiger partial charge in [-0.05, 0) is 47.5 Å². The number of benzene rings is 2. The first kappa shape index (κ1) is 17.1. The molecule has 25 heavy (non-hydrogen) atoms. The van der Waals surface area contributed by atoms with Gasteiger partial charge in [-0.15, -0.1) is 11.3 Å². The summed E-state index contributed by atoms with van der Waals surface area (Å²) in [6, 6.07) is 10.9. The van der Waals surface area contributed by atoms with Gasteiger partial charge in [0.25, 0.3) is 0 Å². The van der Waals surface area contributed by atoms with Crippen molar-refractivity contribution < 1.29 is 18.7 Å². The van der Waals surface area contributed by atoms with Gasteiger partial charge in [0.05, 0.1) is 5.56 Å². The molecule has 1 N–H and O–H groups in total. The minimum absolute atomic E-state index is 0.0354. The molecule has 1 aromatic heterocycles. The lowest BCUT2D eigenvalue weighted by molar-refractivity contribution is 0.0702. The average molecular weight is 376 g/mol. The Bertz CT molecular complexity index is 1020. The number of aromatic carboxylic acids is 1. The number of halogens is 3. The van der Waals surface area contributed by atoms with Crippen molar-refractivity contribution in [2.24, 2.45) is 0 Å². The Morgan fingerprint density at radius 2 is 1.88 bits per heavy atom. The summed E-state index contributed by atoms with van der Waals surface area (Å²) in [7, 11) is 0. The summed E-state index contributed by atoms with van der Waals surface area (Å²) in [5, 5.41) is 18.4. The second kappa shape index (κ2) is 6.63. The van der Waals surface area contributed by atoms with Gasteiger partial charge in [-0.25, -0.2) is 13.6 Å². The van der Waals surface area contributed by atoms with Gasteiger partial charge in [0, 0.05) is 15.5 Å². The summed E-state index contributed by atoms with van der Waals surface area (Å²) in [4.78, 5) is 11.8. The predicted octanol–water partition coefficient (Wildman–Crippen LogP) is 5.58. The Kier molecular flexibility index (Phi) is 4.53. The van der Waals surface area contributed by atoms with Crippen LogP contribution < -0.4 is 0 Å². The van der Waals surface area contributed by atoms with E-state index in [2.05, 4.69) is 0 Å². The van der Waals surface area contributed by atoms with Gasteiger partial charge in [-0.1, -0.05) is 17.7 Å². The molecule has 124 valence electrons. The highest BCUT2D eigenvalue weighted by atomic mass is 35.5. The summed E-state index contributed by atoms with van der Waals surface area (Å²) in [6.45, 7) is 0. The fourth-order valence-electron chi connectivity index (χ4n) is 2.39. The van der Waals surface area contributed by atoms with Crippen LogP contribution in [0.25, 0.3) is 21.6 Å². The molecule has 0 amide bonds. The zero-order valence-corrected chi connectivity index (χ0v) is 14.0. The largest absolute Gasteiger partial charge is 0.477 e. The van der Waals surface area contributed by atoms with E-state index in [4.69, 9.17) is 16.9 Å². The van der Waals surface area contributed by atoms with Crippen LogP contribution in [0, 0.1) is 23.0 Å². The van der Waals surface area contributed by atoms with Crippen molar-refractivity contribution in [3.05, 3.63) is 69.6 Å². The summed E-state index contributed by atoms with van der Waals surface area (Å²) >= 11 is 6.84. The minimum atomic E-state index is -1.14.